The van der Waals surface area contributed by atoms with Crippen molar-refractivity contribution in [3.63, 3.8) is 0 Å². The molecule has 140 valence electrons. The van der Waals surface area contributed by atoms with E-state index in [1.807, 2.05) is 41.3 Å². The zero-order chi connectivity index (χ0) is 19.3. The fourth-order valence-electron chi connectivity index (χ4n) is 2.47. The fraction of sp³-hybridized carbons (Fsp3) is 0.0526. The first-order valence-corrected chi connectivity index (χ1v) is 9.29. The highest BCUT2D eigenvalue weighted by molar-refractivity contribution is 7.14. The second-order valence-electron chi connectivity index (χ2n) is 5.76. The van der Waals surface area contributed by atoms with Gasteiger partial charge in [0.2, 0.25) is 5.88 Å². The lowest BCUT2D eigenvalue weighted by molar-refractivity contribution is 0.262. The van der Waals surface area contributed by atoms with Crippen molar-refractivity contribution in [1.82, 2.24) is 19.7 Å². The van der Waals surface area contributed by atoms with E-state index in [-0.39, 0.29) is 6.03 Å². The second kappa shape index (κ2) is 7.89. The maximum atomic E-state index is 11.9. The molecule has 0 spiro atoms. The minimum absolute atomic E-state index is 0.299. The molecule has 0 aliphatic carbocycles. The Balaban J connectivity index is 1.36. The van der Waals surface area contributed by atoms with Gasteiger partial charge in [-0.15, -0.1) is 21.5 Å². The molecule has 0 saturated carbocycles. The lowest BCUT2D eigenvalue weighted by atomic mass is 10.3. The van der Waals surface area contributed by atoms with Crippen LogP contribution in [-0.4, -0.2) is 25.8 Å². The number of anilines is 2. The number of aromatic nitrogens is 4. The van der Waals surface area contributed by atoms with E-state index in [4.69, 9.17) is 4.74 Å². The third-order valence-corrected chi connectivity index (χ3v) is 4.58. The number of carbonyl (C=O) groups excluding carboxylic acids is 1. The monoisotopic (exact) mass is 392 g/mol. The highest BCUT2D eigenvalue weighted by atomic mass is 32.1. The molecule has 3 aromatic heterocycles. The Bertz CT molecular complexity index is 1060. The maximum Gasteiger partial charge on any atom is 0.324 e. The van der Waals surface area contributed by atoms with Crippen molar-refractivity contribution < 1.29 is 9.53 Å². The van der Waals surface area contributed by atoms with Crippen LogP contribution in [0.5, 0.6) is 11.6 Å². The molecule has 0 radical (unpaired) electrons. The van der Waals surface area contributed by atoms with Gasteiger partial charge in [0.05, 0.1) is 5.00 Å². The van der Waals surface area contributed by atoms with Gasteiger partial charge in [-0.05, 0) is 54.8 Å². The zero-order valence-corrected chi connectivity index (χ0v) is 15.7. The fourth-order valence-corrected chi connectivity index (χ4v) is 3.08. The summed E-state index contributed by atoms with van der Waals surface area (Å²) in [7, 11) is 0. The van der Waals surface area contributed by atoms with Gasteiger partial charge in [-0.3, -0.25) is 9.88 Å². The molecule has 3 heterocycles. The van der Waals surface area contributed by atoms with Gasteiger partial charge in [-0.25, -0.2) is 9.78 Å². The van der Waals surface area contributed by atoms with Crippen LogP contribution in [-0.2, 0) is 0 Å². The quantitative estimate of drug-likeness (QED) is 0.523. The third kappa shape index (κ3) is 4.15. The number of carbonyl (C=O) groups is 1. The zero-order valence-electron chi connectivity index (χ0n) is 14.9. The molecular formula is C19H16N6O2S. The maximum absolute atomic E-state index is 11.9. The molecule has 2 N–H and O–H groups in total. The van der Waals surface area contributed by atoms with Crippen molar-refractivity contribution in [1.29, 1.82) is 0 Å². The van der Waals surface area contributed by atoms with Gasteiger partial charge in [0.15, 0.2) is 5.82 Å². The lowest BCUT2D eigenvalue weighted by Crippen LogP contribution is -2.18. The van der Waals surface area contributed by atoms with Gasteiger partial charge in [0, 0.05) is 24.1 Å². The average Bonchev–Trinajstić information content (AvgIpc) is 3.36. The Morgan fingerprint density at radius 3 is 2.57 bits per heavy atom. The summed E-state index contributed by atoms with van der Waals surface area (Å²) in [4.78, 5) is 16.1. The molecule has 0 aliphatic heterocycles. The summed E-state index contributed by atoms with van der Waals surface area (Å²) >= 11 is 1.46. The highest BCUT2D eigenvalue weighted by Gasteiger charge is 2.06. The van der Waals surface area contributed by atoms with Crippen molar-refractivity contribution in [2.75, 3.05) is 10.6 Å². The SMILES string of the molecule is Cc1nccn1-c1ccc(Oc2ccc(NC(=O)Nc3cccs3)cc2)nn1. The van der Waals surface area contributed by atoms with E-state index >= 15 is 0 Å². The molecule has 8 nitrogen and oxygen atoms in total. The number of hydrogen-bond donors (Lipinski definition) is 2. The van der Waals surface area contributed by atoms with Crippen molar-refractivity contribution in [2.45, 2.75) is 6.92 Å². The Morgan fingerprint density at radius 2 is 1.93 bits per heavy atom. The molecular weight excluding hydrogens is 376 g/mol. The van der Waals surface area contributed by atoms with Crippen LogP contribution in [0, 0.1) is 6.92 Å². The van der Waals surface area contributed by atoms with Crippen molar-refractivity contribution >= 4 is 28.1 Å². The van der Waals surface area contributed by atoms with Crippen LogP contribution in [0.25, 0.3) is 5.82 Å². The summed E-state index contributed by atoms with van der Waals surface area (Å²) in [6.45, 7) is 1.89. The number of imidazole rings is 1. The van der Waals surface area contributed by atoms with Crippen LogP contribution in [0.15, 0.2) is 66.3 Å². The minimum atomic E-state index is -0.299. The summed E-state index contributed by atoms with van der Waals surface area (Å²) in [5, 5.41) is 16.4. The van der Waals surface area contributed by atoms with Crippen LogP contribution in [0.1, 0.15) is 5.82 Å². The molecule has 28 heavy (non-hydrogen) atoms. The number of benzene rings is 1. The normalized spacial score (nSPS) is 10.5. The summed E-state index contributed by atoms with van der Waals surface area (Å²) in [5.74, 6) is 2.45. The standard InChI is InChI=1S/C19H16N6O2S/c1-13-20-10-11-25(13)16-8-9-17(24-23-16)27-15-6-4-14(5-7-15)21-19(26)22-18-3-2-12-28-18/h2-12H,1H3,(H2,21,22,26). The topological polar surface area (TPSA) is 94.0 Å². The van der Waals surface area contributed by atoms with Gasteiger partial charge in [0.1, 0.15) is 11.6 Å². The molecule has 0 saturated heterocycles. The molecule has 0 bridgehead atoms. The number of amides is 2. The Hall–Kier alpha value is -3.72. The second-order valence-corrected chi connectivity index (χ2v) is 6.70. The van der Waals surface area contributed by atoms with Crippen LogP contribution in [0.4, 0.5) is 15.5 Å². The number of ether oxygens (including phenoxy) is 1. The van der Waals surface area contributed by atoms with Crippen molar-refractivity contribution in [2.24, 2.45) is 0 Å². The van der Waals surface area contributed by atoms with Crippen LogP contribution in [0.2, 0.25) is 0 Å². The number of urea groups is 1. The smallest absolute Gasteiger partial charge is 0.324 e. The lowest BCUT2D eigenvalue weighted by Gasteiger charge is -2.08. The molecule has 2 amide bonds. The molecule has 9 heteroatoms. The van der Waals surface area contributed by atoms with Crippen molar-refractivity contribution in [3.8, 4) is 17.4 Å². The van der Waals surface area contributed by atoms with Gasteiger partial charge in [-0.1, -0.05) is 0 Å². The molecule has 4 aromatic rings. The number of aryl methyl sites for hydroxylation is 1. The number of rotatable bonds is 5. The molecule has 0 atom stereocenters. The van der Waals surface area contributed by atoms with Gasteiger partial charge in [0.25, 0.3) is 0 Å². The van der Waals surface area contributed by atoms with E-state index in [2.05, 4.69) is 25.8 Å². The first-order chi connectivity index (χ1) is 13.7. The van der Waals surface area contributed by atoms with E-state index in [9.17, 15) is 4.79 Å². The first-order valence-electron chi connectivity index (χ1n) is 8.41. The molecule has 0 fully saturated rings. The van der Waals surface area contributed by atoms with E-state index in [1.165, 1.54) is 11.3 Å². The van der Waals surface area contributed by atoms with Crippen LogP contribution >= 0.6 is 11.3 Å². The number of hydrogen-bond acceptors (Lipinski definition) is 6. The van der Waals surface area contributed by atoms with E-state index in [0.717, 1.165) is 10.8 Å². The van der Waals surface area contributed by atoms with Gasteiger partial charge < -0.3 is 10.1 Å². The number of nitrogens with one attached hydrogen (secondary N) is 2. The van der Waals surface area contributed by atoms with Crippen LogP contribution in [0.3, 0.4) is 0 Å². The highest BCUT2D eigenvalue weighted by Crippen LogP contribution is 2.22. The minimum Gasteiger partial charge on any atom is -0.438 e. The van der Waals surface area contributed by atoms with Crippen LogP contribution < -0.4 is 15.4 Å². The van der Waals surface area contributed by atoms with E-state index in [0.29, 0.717) is 23.1 Å². The van der Waals surface area contributed by atoms with E-state index < -0.39 is 0 Å². The predicted octanol–water partition coefficient (Wildman–Crippen LogP) is 4.47. The average molecular weight is 392 g/mol. The summed E-state index contributed by atoms with van der Waals surface area (Å²) in [5.41, 5.74) is 0.651. The number of thiophene rings is 1. The first kappa shape index (κ1) is 17.7. The predicted molar refractivity (Wildman–Crippen MR) is 107 cm³/mol. The molecule has 0 aliphatic rings. The molecule has 0 unspecified atom stereocenters. The molecule has 4 rings (SSSR count). The summed E-state index contributed by atoms with van der Waals surface area (Å²) in [6.07, 6.45) is 3.53. The molecule has 1 aromatic carbocycles. The largest absolute Gasteiger partial charge is 0.438 e. The van der Waals surface area contributed by atoms with Gasteiger partial charge >= 0.3 is 6.03 Å². The Morgan fingerprint density at radius 1 is 1.07 bits per heavy atom. The summed E-state index contributed by atoms with van der Waals surface area (Å²) in [6, 6.07) is 13.9. The Labute approximate surface area is 164 Å². The number of nitrogens with zero attached hydrogens (tertiary/aromatic N) is 4. The Kier molecular flexibility index (Phi) is 4.98. The third-order valence-electron chi connectivity index (χ3n) is 3.79. The summed E-state index contributed by atoms with van der Waals surface area (Å²) < 4.78 is 7.53. The van der Waals surface area contributed by atoms with Gasteiger partial charge in [-0.2, -0.15) is 0 Å². The van der Waals surface area contributed by atoms with E-state index in [1.54, 1.807) is 36.5 Å². The van der Waals surface area contributed by atoms with Crippen molar-refractivity contribution in [3.05, 3.63) is 72.1 Å².